The molecule has 0 radical (unpaired) electrons. The molecule has 0 spiro atoms. The molecule has 1 rings (SSSR count). The largest absolute Gasteiger partial charge is 0.300 e. The van der Waals surface area contributed by atoms with E-state index in [9.17, 15) is 5.26 Å². The molecule has 1 heterocycles. The van der Waals surface area contributed by atoms with Gasteiger partial charge in [0.2, 0.25) is 5.16 Å². The molecule has 7 heteroatoms. The number of hydrogen-bond acceptors (Lipinski definition) is 6. The Morgan fingerprint density at radius 3 is 2.83 bits per heavy atom. The van der Waals surface area contributed by atoms with Gasteiger partial charge in [-0.1, -0.05) is 25.6 Å². The molecule has 0 amide bonds. The SMILES string of the molecule is CCCNC(C)(C#N)CC(C)Sc1nnnn1C. The molecule has 0 aliphatic carbocycles. The zero-order valence-corrected chi connectivity index (χ0v) is 12.2. The quantitative estimate of drug-likeness (QED) is 0.752. The van der Waals surface area contributed by atoms with E-state index in [0.717, 1.165) is 24.5 Å². The summed E-state index contributed by atoms with van der Waals surface area (Å²) < 4.78 is 1.64. The van der Waals surface area contributed by atoms with Gasteiger partial charge in [0.05, 0.1) is 6.07 Å². The second-order valence-electron chi connectivity index (χ2n) is 4.59. The summed E-state index contributed by atoms with van der Waals surface area (Å²) in [5.74, 6) is 0. The van der Waals surface area contributed by atoms with Crippen molar-refractivity contribution in [1.82, 2.24) is 25.5 Å². The Kier molecular flexibility index (Phi) is 5.56. The lowest BCUT2D eigenvalue weighted by molar-refractivity contribution is 0.418. The van der Waals surface area contributed by atoms with Crippen molar-refractivity contribution < 1.29 is 0 Å². The number of tetrazole rings is 1. The molecule has 0 saturated carbocycles. The standard InChI is InChI=1S/C11H20N6S/c1-5-6-13-11(3,8-12)7-9(2)18-10-14-15-16-17(10)4/h9,13H,5-7H2,1-4H3. The second kappa shape index (κ2) is 6.71. The van der Waals surface area contributed by atoms with E-state index in [1.54, 1.807) is 16.4 Å². The Labute approximate surface area is 112 Å². The van der Waals surface area contributed by atoms with E-state index >= 15 is 0 Å². The lowest BCUT2D eigenvalue weighted by Gasteiger charge is -2.25. The smallest absolute Gasteiger partial charge is 0.209 e. The average Bonchev–Trinajstić information content (AvgIpc) is 2.72. The van der Waals surface area contributed by atoms with Gasteiger partial charge in [0, 0.05) is 12.3 Å². The first-order valence-electron chi connectivity index (χ1n) is 6.06. The number of nitriles is 1. The van der Waals surface area contributed by atoms with E-state index in [1.807, 2.05) is 14.0 Å². The normalized spacial score (nSPS) is 15.9. The van der Waals surface area contributed by atoms with Gasteiger partial charge in [-0.2, -0.15) is 5.26 Å². The fourth-order valence-electron chi connectivity index (χ4n) is 1.68. The molecular weight excluding hydrogens is 248 g/mol. The van der Waals surface area contributed by atoms with E-state index in [-0.39, 0.29) is 5.25 Å². The molecule has 0 fully saturated rings. The highest BCUT2D eigenvalue weighted by molar-refractivity contribution is 7.99. The molecule has 100 valence electrons. The van der Waals surface area contributed by atoms with Gasteiger partial charge >= 0.3 is 0 Å². The van der Waals surface area contributed by atoms with E-state index < -0.39 is 5.54 Å². The predicted octanol–water partition coefficient (Wildman–Crippen LogP) is 1.36. The van der Waals surface area contributed by atoms with Crippen molar-refractivity contribution in [2.45, 2.75) is 49.6 Å². The minimum Gasteiger partial charge on any atom is -0.300 e. The zero-order chi connectivity index (χ0) is 13.6. The highest BCUT2D eigenvalue weighted by atomic mass is 32.2. The number of nitrogens with zero attached hydrogens (tertiary/aromatic N) is 5. The Morgan fingerprint density at radius 1 is 1.61 bits per heavy atom. The molecule has 6 nitrogen and oxygen atoms in total. The molecule has 0 aromatic carbocycles. The highest BCUT2D eigenvalue weighted by Crippen LogP contribution is 2.26. The third kappa shape index (κ3) is 4.27. The van der Waals surface area contributed by atoms with E-state index in [4.69, 9.17) is 0 Å². The number of aromatic nitrogens is 4. The van der Waals surface area contributed by atoms with E-state index in [2.05, 4.69) is 40.8 Å². The number of rotatable bonds is 7. The number of hydrogen-bond donors (Lipinski definition) is 1. The van der Waals surface area contributed by atoms with Crippen LogP contribution in [0, 0.1) is 11.3 Å². The summed E-state index contributed by atoms with van der Waals surface area (Å²) in [6.07, 6.45) is 1.77. The first kappa shape index (κ1) is 14.9. The van der Waals surface area contributed by atoms with Crippen molar-refractivity contribution in [2.75, 3.05) is 6.54 Å². The van der Waals surface area contributed by atoms with E-state index in [0.29, 0.717) is 0 Å². The van der Waals surface area contributed by atoms with Crippen LogP contribution in [0.1, 0.15) is 33.6 Å². The molecule has 1 aromatic rings. The molecule has 1 aromatic heterocycles. The van der Waals surface area contributed by atoms with Gasteiger partial charge in [-0.15, -0.1) is 5.10 Å². The average molecular weight is 268 g/mol. The second-order valence-corrected chi connectivity index (χ2v) is 5.99. The van der Waals surface area contributed by atoms with Crippen molar-refractivity contribution >= 4 is 11.8 Å². The first-order valence-corrected chi connectivity index (χ1v) is 6.94. The van der Waals surface area contributed by atoms with Crippen LogP contribution in [0.4, 0.5) is 0 Å². The van der Waals surface area contributed by atoms with Crippen molar-refractivity contribution in [1.29, 1.82) is 5.26 Å². The summed E-state index contributed by atoms with van der Waals surface area (Å²) in [4.78, 5) is 0. The Morgan fingerprint density at radius 2 is 2.33 bits per heavy atom. The molecule has 2 atom stereocenters. The summed E-state index contributed by atoms with van der Waals surface area (Å²) in [5.41, 5.74) is -0.492. The number of nitrogens with one attached hydrogen (secondary N) is 1. The number of aryl methyl sites for hydroxylation is 1. The maximum atomic E-state index is 9.27. The molecule has 2 unspecified atom stereocenters. The van der Waals surface area contributed by atoms with E-state index in [1.165, 1.54) is 0 Å². The molecule has 0 aliphatic heterocycles. The van der Waals surface area contributed by atoms with Crippen LogP contribution < -0.4 is 5.32 Å². The van der Waals surface area contributed by atoms with Crippen LogP contribution in [0.5, 0.6) is 0 Å². The van der Waals surface area contributed by atoms with Gasteiger partial charge in [-0.25, -0.2) is 4.68 Å². The van der Waals surface area contributed by atoms with Crippen molar-refractivity contribution in [3.8, 4) is 6.07 Å². The maximum absolute atomic E-state index is 9.27. The zero-order valence-electron chi connectivity index (χ0n) is 11.3. The molecule has 0 bridgehead atoms. The van der Waals surface area contributed by atoms with Crippen LogP contribution in [0.2, 0.25) is 0 Å². The van der Waals surface area contributed by atoms with Crippen LogP contribution in [-0.2, 0) is 7.05 Å². The topological polar surface area (TPSA) is 79.4 Å². The minimum absolute atomic E-state index is 0.267. The highest BCUT2D eigenvalue weighted by Gasteiger charge is 2.26. The number of thioether (sulfide) groups is 1. The molecule has 0 aliphatic rings. The summed E-state index contributed by atoms with van der Waals surface area (Å²) in [5, 5.41) is 24.9. The third-order valence-corrected chi connectivity index (χ3v) is 3.72. The lowest BCUT2D eigenvalue weighted by Crippen LogP contribution is -2.43. The fourth-order valence-corrected chi connectivity index (χ4v) is 2.73. The summed E-state index contributed by atoms with van der Waals surface area (Å²) >= 11 is 1.59. The first-order chi connectivity index (χ1) is 8.50. The fraction of sp³-hybridized carbons (Fsp3) is 0.818. The third-order valence-electron chi connectivity index (χ3n) is 2.60. The molecule has 18 heavy (non-hydrogen) atoms. The maximum Gasteiger partial charge on any atom is 0.209 e. The Bertz CT molecular complexity index is 412. The van der Waals surface area contributed by atoms with Gasteiger partial charge in [0.15, 0.2) is 0 Å². The molecular formula is C11H20N6S. The van der Waals surface area contributed by atoms with Gasteiger partial charge in [-0.3, -0.25) is 5.32 Å². The van der Waals surface area contributed by atoms with Gasteiger partial charge in [0.1, 0.15) is 5.54 Å². The minimum atomic E-state index is -0.492. The van der Waals surface area contributed by atoms with Crippen LogP contribution >= 0.6 is 11.8 Å². The lowest BCUT2D eigenvalue weighted by atomic mass is 9.98. The summed E-state index contributed by atoms with van der Waals surface area (Å²) in [6, 6.07) is 2.36. The summed E-state index contributed by atoms with van der Waals surface area (Å²) in [6.45, 7) is 6.97. The monoisotopic (exact) mass is 268 g/mol. The Hall–Kier alpha value is -1.13. The van der Waals surface area contributed by atoms with Crippen molar-refractivity contribution in [2.24, 2.45) is 7.05 Å². The Balaban J connectivity index is 2.55. The summed E-state index contributed by atoms with van der Waals surface area (Å²) in [7, 11) is 1.81. The van der Waals surface area contributed by atoms with Gasteiger partial charge in [-0.05, 0) is 36.7 Å². The van der Waals surface area contributed by atoms with Gasteiger partial charge < -0.3 is 0 Å². The van der Waals surface area contributed by atoms with Crippen LogP contribution in [-0.4, -0.2) is 37.5 Å². The molecule has 0 saturated heterocycles. The predicted molar refractivity (Wildman–Crippen MR) is 71.0 cm³/mol. The van der Waals surface area contributed by atoms with Crippen LogP contribution in [0.25, 0.3) is 0 Å². The van der Waals surface area contributed by atoms with Crippen molar-refractivity contribution in [3.63, 3.8) is 0 Å². The molecule has 1 N–H and O–H groups in total. The van der Waals surface area contributed by atoms with Crippen LogP contribution in [0.3, 0.4) is 0 Å². The van der Waals surface area contributed by atoms with Gasteiger partial charge in [0.25, 0.3) is 0 Å². The van der Waals surface area contributed by atoms with Crippen LogP contribution in [0.15, 0.2) is 5.16 Å². The van der Waals surface area contributed by atoms with Crippen molar-refractivity contribution in [3.05, 3.63) is 0 Å².